The van der Waals surface area contributed by atoms with Crippen LogP contribution in [0, 0.1) is 0 Å². The summed E-state index contributed by atoms with van der Waals surface area (Å²) in [6, 6.07) is 4.82. The summed E-state index contributed by atoms with van der Waals surface area (Å²) in [5.74, 6) is -2.19. The van der Waals surface area contributed by atoms with Crippen molar-refractivity contribution in [1.29, 1.82) is 0 Å². The standard InChI is InChI=1S/C11H11F2NO5/c12-11(13)19-7-3-1-6(2-4-7)9(16)14-5-8(15)10(17)18/h1-4,8,11,15H,5H2,(H,14,16)(H,17,18). The maximum Gasteiger partial charge on any atom is 0.387 e. The molecule has 0 spiro atoms. The predicted molar refractivity (Wildman–Crippen MR) is 59.0 cm³/mol. The number of carboxylic acid groups (broad SMARTS) is 1. The summed E-state index contributed by atoms with van der Waals surface area (Å²) < 4.78 is 27.9. The van der Waals surface area contributed by atoms with Crippen molar-refractivity contribution in [3.63, 3.8) is 0 Å². The number of aliphatic carboxylic acids is 1. The third kappa shape index (κ3) is 4.88. The first-order valence-electron chi connectivity index (χ1n) is 5.14. The van der Waals surface area contributed by atoms with Gasteiger partial charge in [0.15, 0.2) is 6.10 Å². The molecule has 0 aliphatic heterocycles. The summed E-state index contributed by atoms with van der Waals surface area (Å²) in [7, 11) is 0. The maximum absolute atomic E-state index is 11.9. The Morgan fingerprint density at radius 1 is 1.26 bits per heavy atom. The summed E-state index contributed by atoms with van der Waals surface area (Å²) in [5.41, 5.74) is 0.124. The van der Waals surface area contributed by atoms with Gasteiger partial charge in [0.05, 0.1) is 6.54 Å². The largest absolute Gasteiger partial charge is 0.479 e. The molecular formula is C11H11F2NO5. The lowest BCUT2D eigenvalue weighted by Gasteiger charge is -2.08. The van der Waals surface area contributed by atoms with Gasteiger partial charge >= 0.3 is 12.6 Å². The minimum absolute atomic E-state index is 0.0999. The second-order valence-corrected chi connectivity index (χ2v) is 3.47. The number of carboxylic acids is 1. The summed E-state index contributed by atoms with van der Waals surface area (Å²) >= 11 is 0. The normalized spacial score (nSPS) is 12.0. The van der Waals surface area contributed by atoms with Gasteiger partial charge in [-0.1, -0.05) is 0 Å². The topological polar surface area (TPSA) is 95.9 Å². The molecule has 0 aliphatic rings. The third-order valence-electron chi connectivity index (χ3n) is 2.08. The maximum atomic E-state index is 11.9. The van der Waals surface area contributed by atoms with Gasteiger partial charge in [0.25, 0.3) is 5.91 Å². The lowest BCUT2D eigenvalue weighted by atomic mass is 10.2. The second kappa shape index (κ2) is 6.64. The van der Waals surface area contributed by atoms with Gasteiger partial charge in [0.1, 0.15) is 5.75 Å². The van der Waals surface area contributed by atoms with Crippen LogP contribution >= 0.6 is 0 Å². The first-order valence-corrected chi connectivity index (χ1v) is 5.14. The van der Waals surface area contributed by atoms with Crippen LogP contribution < -0.4 is 10.1 Å². The highest BCUT2D eigenvalue weighted by molar-refractivity contribution is 5.94. The van der Waals surface area contributed by atoms with Crippen molar-refractivity contribution in [2.24, 2.45) is 0 Å². The lowest BCUT2D eigenvalue weighted by molar-refractivity contribution is -0.146. The first kappa shape index (κ1) is 14.8. The Bertz CT molecular complexity index is 449. The van der Waals surface area contributed by atoms with Crippen LogP contribution in [-0.2, 0) is 4.79 Å². The molecule has 104 valence electrons. The summed E-state index contributed by atoms with van der Waals surface area (Å²) in [4.78, 5) is 21.8. The van der Waals surface area contributed by atoms with Crippen molar-refractivity contribution in [3.8, 4) is 5.75 Å². The fourth-order valence-electron chi connectivity index (χ4n) is 1.17. The molecule has 1 amide bonds. The van der Waals surface area contributed by atoms with Crippen LogP contribution in [0.1, 0.15) is 10.4 Å². The molecule has 0 aliphatic carbocycles. The molecule has 0 radical (unpaired) electrons. The van der Waals surface area contributed by atoms with Crippen LogP contribution in [-0.4, -0.2) is 41.3 Å². The molecule has 19 heavy (non-hydrogen) atoms. The zero-order valence-corrected chi connectivity index (χ0v) is 9.55. The van der Waals surface area contributed by atoms with Gasteiger partial charge in [-0.3, -0.25) is 4.79 Å². The quantitative estimate of drug-likeness (QED) is 0.701. The van der Waals surface area contributed by atoms with Gasteiger partial charge in [-0.15, -0.1) is 0 Å². The summed E-state index contributed by atoms with van der Waals surface area (Å²) in [5, 5.41) is 19.5. The molecule has 0 bridgehead atoms. The fourth-order valence-corrected chi connectivity index (χ4v) is 1.17. The highest BCUT2D eigenvalue weighted by Crippen LogP contribution is 2.14. The van der Waals surface area contributed by atoms with E-state index < -0.39 is 31.1 Å². The Balaban J connectivity index is 2.55. The predicted octanol–water partition coefficient (Wildman–Crippen LogP) is 0.463. The molecule has 0 heterocycles. The Morgan fingerprint density at radius 2 is 1.84 bits per heavy atom. The number of nitrogens with one attached hydrogen (secondary N) is 1. The zero-order valence-electron chi connectivity index (χ0n) is 9.55. The number of hydrogen-bond donors (Lipinski definition) is 3. The van der Waals surface area contributed by atoms with Gasteiger partial charge in [-0.05, 0) is 24.3 Å². The molecule has 0 fully saturated rings. The van der Waals surface area contributed by atoms with Gasteiger partial charge in [-0.25, -0.2) is 4.79 Å². The molecule has 1 atom stereocenters. The van der Waals surface area contributed by atoms with Crippen molar-refractivity contribution < 1.29 is 33.3 Å². The van der Waals surface area contributed by atoms with E-state index in [0.717, 1.165) is 0 Å². The SMILES string of the molecule is O=C(NCC(O)C(=O)O)c1ccc(OC(F)F)cc1. The molecule has 1 aromatic carbocycles. The van der Waals surface area contributed by atoms with E-state index in [4.69, 9.17) is 10.2 Å². The molecule has 0 saturated heterocycles. The van der Waals surface area contributed by atoms with Crippen LogP contribution in [0.25, 0.3) is 0 Å². The Kier molecular flexibility index (Phi) is 5.19. The number of benzene rings is 1. The minimum Gasteiger partial charge on any atom is -0.479 e. The number of ether oxygens (including phenoxy) is 1. The zero-order chi connectivity index (χ0) is 14.4. The molecule has 3 N–H and O–H groups in total. The molecule has 8 heteroatoms. The smallest absolute Gasteiger partial charge is 0.387 e. The Morgan fingerprint density at radius 3 is 2.32 bits per heavy atom. The molecule has 6 nitrogen and oxygen atoms in total. The van der Waals surface area contributed by atoms with Crippen LogP contribution in [0.3, 0.4) is 0 Å². The third-order valence-corrected chi connectivity index (χ3v) is 2.08. The van der Waals surface area contributed by atoms with Crippen molar-refractivity contribution in [3.05, 3.63) is 29.8 Å². The number of carbonyl (C=O) groups is 2. The van der Waals surface area contributed by atoms with E-state index in [1.807, 2.05) is 0 Å². The first-order chi connectivity index (χ1) is 8.90. The van der Waals surface area contributed by atoms with Crippen LogP contribution in [0.5, 0.6) is 5.75 Å². The van der Waals surface area contributed by atoms with Crippen LogP contribution in [0.15, 0.2) is 24.3 Å². The van der Waals surface area contributed by atoms with Gasteiger partial charge in [0.2, 0.25) is 0 Å². The lowest BCUT2D eigenvalue weighted by Crippen LogP contribution is -2.36. The average molecular weight is 275 g/mol. The van der Waals surface area contributed by atoms with E-state index in [-0.39, 0.29) is 11.3 Å². The molecule has 0 aromatic heterocycles. The van der Waals surface area contributed by atoms with Crippen molar-refractivity contribution in [1.82, 2.24) is 5.32 Å². The van der Waals surface area contributed by atoms with Gasteiger partial charge in [-0.2, -0.15) is 8.78 Å². The average Bonchev–Trinajstić information content (AvgIpc) is 2.35. The number of aliphatic hydroxyl groups excluding tert-OH is 1. The highest BCUT2D eigenvalue weighted by Gasteiger charge is 2.15. The number of amides is 1. The number of alkyl halides is 2. The summed E-state index contributed by atoms with van der Waals surface area (Å²) in [6.07, 6.45) is -1.70. The van der Waals surface area contributed by atoms with Crippen molar-refractivity contribution in [2.75, 3.05) is 6.54 Å². The Hall–Kier alpha value is -2.22. The van der Waals surface area contributed by atoms with Crippen LogP contribution in [0.2, 0.25) is 0 Å². The van der Waals surface area contributed by atoms with Gasteiger partial charge < -0.3 is 20.3 Å². The van der Waals surface area contributed by atoms with E-state index in [9.17, 15) is 18.4 Å². The molecule has 1 unspecified atom stereocenters. The highest BCUT2D eigenvalue weighted by atomic mass is 19.3. The number of aliphatic hydroxyl groups is 1. The van der Waals surface area contributed by atoms with Gasteiger partial charge in [0, 0.05) is 5.56 Å². The van der Waals surface area contributed by atoms with E-state index in [1.165, 1.54) is 24.3 Å². The van der Waals surface area contributed by atoms with E-state index in [0.29, 0.717) is 0 Å². The number of hydrogen-bond acceptors (Lipinski definition) is 4. The summed E-state index contributed by atoms with van der Waals surface area (Å²) in [6.45, 7) is -3.41. The fraction of sp³-hybridized carbons (Fsp3) is 0.273. The molecular weight excluding hydrogens is 264 g/mol. The van der Waals surface area contributed by atoms with Crippen LogP contribution in [0.4, 0.5) is 8.78 Å². The Labute approximate surface area is 106 Å². The monoisotopic (exact) mass is 275 g/mol. The second-order valence-electron chi connectivity index (χ2n) is 3.47. The number of halogens is 2. The molecule has 0 saturated carbocycles. The minimum atomic E-state index is -2.95. The molecule has 1 aromatic rings. The number of carbonyl (C=O) groups excluding carboxylic acids is 1. The van der Waals surface area contributed by atoms with E-state index >= 15 is 0 Å². The van der Waals surface area contributed by atoms with E-state index in [2.05, 4.69) is 10.1 Å². The van der Waals surface area contributed by atoms with Crippen molar-refractivity contribution in [2.45, 2.75) is 12.7 Å². The number of rotatable bonds is 6. The van der Waals surface area contributed by atoms with E-state index in [1.54, 1.807) is 0 Å². The molecule has 1 rings (SSSR count). The van der Waals surface area contributed by atoms with Crippen molar-refractivity contribution >= 4 is 11.9 Å².